The lowest BCUT2D eigenvalue weighted by molar-refractivity contribution is 0.206. The number of para-hydroxylation sites is 1. The van der Waals surface area contributed by atoms with Gasteiger partial charge in [-0.25, -0.2) is 13.2 Å². The number of carbonyl (C=O) groups is 1. The Bertz CT molecular complexity index is 1050. The van der Waals surface area contributed by atoms with Gasteiger partial charge in [0.15, 0.2) is 0 Å². The molecule has 0 aliphatic rings. The molecule has 5 nitrogen and oxygen atoms in total. The molecule has 1 N–H and O–H groups in total. The van der Waals surface area contributed by atoms with Crippen molar-refractivity contribution in [2.75, 3.05) is 4.31 Å². The van der Waals surface area contributed by atoms with Crippen LogP contribution in [0.15, 0.2) is 83.8 Å². The van der Waals surface area contributed by atoms with E-state index >= 15 is 0 Å². The molecule has 0 saturated heterocycles. The second kappa shape index (κ2) is 7.01. The van der Waals surface area contributed by atoms with Gasteiger partial charge in [0.25, 0.3) is 10.0 Å². The van der Waals surface area contributed by atoms with E-state index in [0.29, 0.717) is 21.0 Å². The van der Waals surface area contributed by atoms with E-state index in [0.717, 1.165) is 0 Å². The minimum absolute atomic E-state index is 0.0585. The highest BCUT2D eigenvalue weighted by atomic mass is 32.2. The average molecular weight is 367 g/mol. The fourth-order valence-corrected chi connectivity index (χ4v) is 4.35. The maximum atomic E-state index is 13.3. The number of hydrogen-bond donors (Lipinski definition) is 1. The Balaban J connectivity index is 2.23. The maximum absolute atomic E-state index is 13.3. The van der Waals surface area contributed by atoms with Crippen LogP contribution in [0.2, 0.25) is 0 Å². The van der Waals surface area contributed by atoms with Crippen molar-refractivity contribution in [3.05, 3.63) is 84.4 Å². The summed E-state index contributed by atoms with van der Waals surface area (Å²) >= 11 is 0. The first-order valence-corrected chi connectivity index (χ1v) is 9.35. The maximum Gasteiger partial charge on any atom is 0.426 e. The van der Waals surface area contributed by atoms with Crippen molar-refractivity contribution in [2.24, 2.45) is 0 Å². The Morgan fingerprint density at radius 2 is 1.42 bits per heavy atom. The van der Waals surface area contributed by atoms with Crippen LogP contribution in [0, 0.1) is 6.92 Å². The fraction of sp³-hybridized carbons (Fsp3) is 0.0500. The topological polar surface area (TPSA) is 74.7 Å². The van der Waals surface area contributed by atoms with E-state index in [2.05, 4.69) is 0 Å². The van der Waals surface area contributed by atoms with Crippen LogP contribution in [0.1, 0.15) is 5.56 Å². The minimum Gasteiger partial charge on any atom is -0.464 e. The zero-order valence-electron chi connectivity index (χ0n) is 14.0. The molecule has 0 aliphatic heterocycles. The number of benzene rings is 3. The smallest absolute Gasteiger partial charge is 0.426 e. The van der Waals surface area contributed by atoms with Gasteiger partial charge in [0.2, 0.25) is 0 Å². The van der Waals surface area contributed by atoms with Gasteiger partial charge in [-0.1, -0.05) is 66.7 Å². The Kier molecular flexibility index (Phi) is 4.77. The third-order valence-electron chi connectivity index (χ3n) is 4.00. The van der Waals surface area contributed by atoms with Crippen molar-refractivity contribution in [3.63, 3.8) is 0 Å². The molecule has 0 fully saturated rings. The Labute approximate surface area is 152 Å². The van der Waals surface area contributed by atoms with Crippen LogP contribution in [0.5, 0.6) is 0 Å². The summed E-state index contributed by atoms with van der Waals surface area (Å²) in [5, 5.41) is 9.66. The lowest BCUT2D eigenvalue weighted by Crippen LogP contribution is -2.36. The van der Waals surface area contributed by atoms with Crippen LogP contribution < -0.4 is 4.31 Å². The summed E-state index contributed by atoms with van der Waals surface area (Å²) < 4.78 is 27.0. The third kappa shape index (κ3) is 3.19. The zero-order valence-corrected chi connectivity index (χ0v) is 14.8. The summed E-state index contributed by atoms with van der Waals surface area (Å²) in [5.74, 6) is 0. The van der Waals surface area contributed by atoms with Gasteiger partial charge in [-0.05, 0) is 30.2 Å². The number of aryl methyl sites for hydroxylation is 1. The van der Waals surface area contributed by atoms with Gasteiger partial charge in [-0.15, -0.1) is 0 Å². The van der Waals surface area contributed by atoms with Crippen LogP contribution in [-0.4, -0.2) is 19.6 Å². The Morgan fingerprint density at radius 3 is 2.08 bits per heavy atom. The van der Waals surface area contributed by atoms with E-state index in [-0.39, 0.29) is 10.6 Å². The van der Waals surface area contributed by atoms with Crippen molar-refractivity contribution in [3.8, 4) is 11.1 Å². The molecular formula is C20H17NO4S. The molecule has 3 aromatic carbocycles. The van der Waals surface area contributed by atoms with Gasteiger partial charge < -0.3 is 5.11 Å². The standard InChI is InChI=1S/C20H17NO4S/c1-15-9-5-7-13-18(15)21(20(22)23)26(24,25)19-14-8-6-12-17(19)16-10-3-2-4-11-16/h2-14H,1H3,(H,22,23). The SMILES string of the molecule is Cc1ccccc1N(C(=O)O)S(=O)(=O)c1ccccc1-c1ccccc1. The predicted octanol–water partition coefficient (Wildman–Crippen LogP) is 4.54. The number of sulfonamides is 1. The number of rotatable bonds is 4. The molecule has 132 valence electrons. The normalized spacial score (nSPS) is 11.1. The molecule has 0 aromatic heterocycles. The lowest BCUT2D eigenvalue weighted by atomic mass is 10.1. The first-order valence-electron chi connectivity index (χ1n) is 7.91. The van der Waals surface area contributed by atoms with Gasteiger partial charge in [-0.2, -0.15) is 4.31 Å². The van der Waals surface area contributed by atoms with Gasteiger partial charge in [-0.3, -0.25) is 0 Å². The van der Waals surface area contributed by atoms with Crippen LogP contribution in [0.25, 0.3) is 11.1 Å². The molecule has 0 radical (unpaired) electrons. The largest absolute Gasteiger partial charge is 0.464 e. The monoisotopic (exact) mass is 367 g/mol. The summed E-state index contributed by atoms with van der Waals surface area (Å²) in [7, 11) is -4.32. The number of amides is 1. The first kappa shape index (κ1) is 17.7. The molecule has 0 atom stereocenters. The summed E-state index contributed by atoms with van der Waals surface area (Å²) in [6.45, 7) is 1.67. The van der Waals surface area contributed by atoms with E-state index in [1.54, 1.807) is 67.6 Å². The van der Waals surface area contributed by atoms with Gasteiger partial charge in [0.05, 0.1) is 10.6 Å². The second-order valence-electron chi connectivity index (χ2n) is 5.70. The summed E-state index contributed by atoms with van der Waals surface area (Å²) in [4.78, 5) is 11.8. The minimum atomic E-state index is -4.32. The predicted molar refractivity (Wildman–Crippen MR) is 101 cm³/mol. The molecule has 0 aliphatic carbocycles. The van der Waals surface area contributed by atoms with Gasteiger partial charge in [0, 0.05) is 5.56 Å². The van der Waals surface area contributed by atoms with Gasteiger partial charge >= 0.3 is 6.09 Å². The Morgan fingerprint density at radius 1 is 0.846 bits per heavy atom. The quantitative estimate of drug-likeness (QED) is 0.735. The average Bonchev–Trinajstić information content (AvgIpc) is 2.64. The Hall–Kier alpha value is -3.12. The number of hydrogen-bond acceptors (Lipinski definition) is 3. The first-order chi connectivity index (χ1) is 12.4. The van der Waals surface area contributed by atoms with Crippen LogP contribution >= 0.6 is 0 Å². The van der Waals surface area contributed by atoms with E-state index in [9.17, 15) is 18.3 Å². The molecule has 3 aromatic rings. The molecule has 26 heavy (non-hydrogen) atoms. The molecule has 0 saturated carbocycles. The molecule has 1 amide bonds. The summed E-state index contributed by atoms with van der Waals surface area (Å²) in [6, 6.07) is 21.9. The molecule has 6 heteroatoms. The molecule has 0 bridgehead atoms. The van der Waals surface area contributed by atoms with Gasteiger partial charge in [0.1, 0.15) is 0 Å². The summed E-state index contributed by atoms with van der Waals surface area (Å²) in [5.41, 5.74) is 1.81. The second-order valence-corrected chi connectivity index (χ2v) is 7.46. The molecule has 3 rings (SSSR count). The van der Waals surface area contributed by atoms with Crippen molar-refractivity contribution in [1.82, 2.24) is 0 Å². The molecule has 0 spiro atoms. The summed E-state index contributed by atoms with van der Waals surface area (Å²) in [6.07, 6.45) is -1.55. The fourth-order valence-electron chi connectivity index (χ4n) is 2.77. The van der Waals surface area contributed by atoms with Crippen molar-refractivity contribution in [1.29, 1.82) is 0 Å². The van der Waals surface area contributed by atoms with E-state index in [1.807, 2.05) is 6.07 Å². The van der Waals surface area contributed by atoms with Crippen LogP contribution in [0.4, 0.5) is 10.5 Å². The van der Waals surface area contributed by atoms with E-state index in [1.165, 1.54) is 12.1 Å². The van der Waals surface area contributed by atoms with Crippen molar-refractivity contribution in [2.45, 2.75) is 11.8 Å². The molecule has 0 unspecified atom stereocenters. The highest BCUT2D eigenvalue weighted by Gasteiger charge is 2.33. The van der Waals surface area contributed by atoms with E-state index < -0.39 is 16.1 Å². The van der Waals surface area contributed by atoms with Crippen LogP contribution in [0.3, 0.4) is 0 Å². The lowest BCUT2D eigenvalue weighted by Gasteiger charge is -2.22. The number of carboxylic acid groups (broad SMARTS) is 1. The highest BCUT2D eigenvalue weighted by Crippen LogP contribution is 2.32. The third-order valence-corrected chi connectivity index (χ3v) is 5.74. The van der Waals surface area contributed by atoms with E-state index in [4.69, 9.17) is 0 Å². The number of anilines is 1. The number of nitrogens with zero attached hydrogens (tertiary/aromatic N) is 1. The molecule has 0 heterocycles. The molecular weight excluding hydrogens is 350 g/mol. The zero-order chi connectivity index (χ0) is 18.7. The van der Waals surface area contributed by atoms with Crippen LogP contribution in [-0.2, 0) is 10.0 Å². The van der Waals surface area contributed by atoms with Crippen molar-refractivity contribution >= 4 is 21.8 Å². The highest BCUT2D eigenvalue weighted by molar-refractivity contribution is 7.93. The van der Waals surface area contributed by atoms with Crippen molar-refractivity contribution < 1.29 is 18.3 Å².